The number of carboxylic acids is 1. The first-order chi connectivity index (χ1) is 5.70. The van der Waals surface area contributed by atoms with Crippen molar-refractivity contribution in [1.29, 1.82) is 0 Å². The number of carbonyl (C=O) groups is 2. The zero-order valence-electron chi connectivity index (χ0n) is 5.96. The zero-order chi connectivity index (χ0) is 8.72. The highest BCUT2D eigenvalue weighted by Crippen LogP contribution is 2.26. The summed E-state index contributed by atoms with van der Waals surface area (Å²) in [6.45, 7) is 0.347. The van der Waals surface area contributed by atoms with E-state index in [1.54, 1.807) is 0 Å². The minimum Gasteiger partial charge on any atom is -0.478 e. The van der Waals surface area contributed by atoms with Crippen LogP contribution in [0.5, 0.6) is 0 Å². The van der Waals surface area contributed by atoms with Crippen LogP contribution in [0, 0.1) is 0 Å². The summed E-state index contributed by atoms with van der Waals surface area (Å²) < 4.78 is 0. The van der Waals surface area contributed by atoms with E-state index in [1.807, 2.05) is 0 Å². The Balaban J connectivity index is 2.56. The lowest BCUT2D eigenvalue weighted by Gasteiger charge is -1.91. The number of carboxylic acid groups (broad SMARTS) is 1. The second kappa shape index (κ2) is 2.31. The van der Waals surface area contributed by atoms with Gasteiger partial charge in [-0.2, -0.15) is 0 Å². The standard InChI is InChI=1S/C7H5NO3S/c9-6-5-3(1-8-6)4(2-12-5)7(10)11/h2H,1H2,(H,8,9)(H,10,11). The van der Waals surface area contributed by atoms with E-state index >= 15 is 0 Å². The van der Waals surface area contributed by atoms with E-state index in [9.17, 15) is 9.59 Å². The smallest absolute Gasteiger partial charge is 0.336 e. The predicted octanol–water partition coefficient (Wildman–Crippen LogP) is 0.690. The molecule has 1 aromatic rings. The summed E-state index contributed by atoms with van der Waals surface area (Å²) in [6, 6.07) is 0. The van der Waals surface area contributed by atoms with E-state index in [-0.39, 0.29) is 11.5 Å². The second-order valence-electron chi connectivity index (χ2n) is 2.44. The molecule has 0 fully saturated rings. The summed E-state index contributed by atoms with van der Waals surface area (Å²) >= 11 is 1.18. The van der Waals surface area contributed by atoms with Crippen molar-refractivity contribution in [3.63, 3.8) is 0 Å². The second-order valence-corrected chi connectivity index (χ2v) is 3.32. The first kappa shape index (κ1) is 7.30. The molecule has 0 spiro atoms. The fraction of sp³-hybridized carbons (Fsp3) is 0.143. The fourth-order valence-electron chi connectivity index (χ4n) is 1.18. The molecule has 5 heteroatoms. The molecule has 2 N–H and O–H groups in total. The van der Waals surface area contributed by atoms with Gasteiger partial charge in [0, 0.05) is 17.5 Å². The normalized spacial score (nSPS) is 14.2. The van der Waals surface area contributed by atoms with Crippen molar-refractivity contribution < 1.29 is 14.7 Å². The monoisotopic (exact) mass is 183 g/mol. The van der Waals surface area contributed by atoms with Crippen LogP contribution in [0.25, 0.3) is 0 Å². The van der Waals surface area contributed by atoms with Gasteiger partial charge in [0.25, 0.3) is 5.91 Å². The molecule has 1 amide bonds. The number of aromatic carboxylic acids is 1. The minimum absolute atomic E-state index is 0.164. The molecule has 62 valence electrons. The predicted molar refractivity (Wildman–Crippen MR) is 42.4 cm³/mol. The highest BCUT2D eigenvalue weighted by atomic mass is 32.1. The summed E-state index contributed by atoms with van der Waals surface area (Å²) in [5.41, 5.74) is 0.867. The number of thiophene rings is 1. The van der Waals surface area contributed by atoms with Crippen LogP contribution < -0.4 is 5.32 Å². The van der Waals surface area contributed by atoms with Crippen molar-refractivity contribution in [2.24, 2.45) is 0 Å². The molecule has 0 saturated carbocycles. The summed E-state index contributed by atoms with van der Waals surface area (Å²) in [6.07, 6.45) is 0. The SMILES string of the molecule is O=C(O)c1csc2c1CNC2=O. The van der Waals surface area contributed by atoms with Crippen LogP contribution in [-0.4, -0.2) is 17.0 Å². The molecule has 0 unspecified atom stereocenters. The van der Waals surface area contributed by atoms with Gasteiger partial charge in [-0.1, -0.05) is 0 Å². The lowest BCUT2D eigenvalue weighted by Crippen LogP contribution is -2.12. The third-order valence-electron chi connectivity index (χ3n) is 1.76. The maximum absolute atomic E-state index is 11.0. The van der Waals surface area contributed by atoms with Gasteiger partial charge in [0.1, 0.15) is 0 Å². The van der Waals surface area contributed by atoms with Crippen molar-refractivity contribution in [3.05, 3.63) is 21.4 Å². The lowest BCUT2D eigenvalue weighted by molar-refractivity contribution is 0.0696. The van der Waals surface area contributed by atoms with E-state index in [0.717, 1.165) is 0 Å². The third-order valence-corrected chi connectivity index (χ3v) is 2.78. The van der Waals surface area contributed by atoms with E-state index < -0.39 is 5.97 Å². The van der Waals surface area contributed by atoms with Crippen molar-refractivity contribution in [1.82, 2.24) is 5.32 Å². The van der Waals surface area contributed by atoms with E-state index in [0.29, 0.717) is 17.0 Å². The van der Waals surface area contributed by atoms with Gasteiger partial charge < -0.3 is 10.4 Å². The molecule has 1 aliphatic rings. The van der Waals surface area contributed by atoms with Crippen LogP contribution >= 0.6 is 11.3 Å². The van der Waals surface area contributed by atoms with Crippen LogP contribution in [-0.2, 0) is 6.54 Å². The molecule has 12 heavy (non-hydrogen) atoms. The molecule has 0 saturated heterocycles. The largest absolute Gasteiger partial charge is 0.478 e. The molecule has 2 rings (SSSR count). The Bertz CT molecular complexity index is 369. The highest BCUT2D eigenvalue weighted by molar-refractivity contribution is 7.12. The molecule has 0 aromatic carbocycles. The first-order valence-electron chi connectivity index (χ1n) is 3.32. The van der Waals surface area contributed by atoms with Gasteiger partial charge >= 0.3 is 5.97 Å². The number of hydrogen-bond acceptors (Lipinski definition) is 3. The van der Waals surface area contributed by atoms with Crippen LogP contribution in [0.15, 0.2) is 5.38 Å². The highest BCUT2D eigenvalue weighted by Gasteiger charge is 2.26. The van der Waals surface area contributed by atoms with Crippen LogP contribution in [0.4, 0.5) is 0 Å². The van der Waals surface area contributed by atoms with Crippen molar-refractivity contribution in [2.75, 3.05) is 0 Å². The average Bonchev–Trinajstić information content (AvgIpc) is 2.53. The number of fused-ring (bicyclic) bond motifs is 1. The molecular weight excluding hydrogens is 178 g/mol. The Kier molecular flexibility index (Phi) is 1.41. The lowest BCUT2D eigenvalue weighted by atomic mass is 10.2. The minimum atomic E-state index is -0.969. The molecule has 0 aliphatic carbocycles. The van der Waals surface area contributed by atoms with Crippen molar-refractivity contribution in [3.8, 4) is 0 Å². The molecular formula is C7H5NO3S. The van der Waals surface area contributed by atoms with Crippen molar-refractivity contribution in [2.45, 2.75) is 6.54 Å². The quantitative estimate of drug-likeness (QED) is 0.673. The van der Waals surface area contributed by atoms with E-state index in [2.05, 4.69) is 5.32 Å². The summed E-state index contributed by atoms with van der Waals surface area (Å²) in [5, 5.41) is 12.8. The third kappa shape index (κ3) is 0.831. The Morgan fingerprint density at radius 1 is 1.67 bits per heavy atom. The average molecular weight is 183 g/mol. The Labute approximate surface area is 71.8 Å². The molecule has 4 nitrogen and oxygen atoms in total. The molecule has 0 atom stereocenters. The summed E-state index contributed by atoms with van der Waals surface area (Å²) in [7, 11) is 0. The Hall–Kier alpha value is -1.36. The molecule has 0 radical (unpaired) electrons. The van der Waals surface area contributed by atoms with Crippen LogP contribution in [0.2, 0.25) is 0 Å². The van der Waals surface area contributed by atoms with Gasteiger partial charge in [-0.15, -0.1) is 11.3 Å². The first-order valence-corrected chi connectivity index (χ1v) is 4.20. The van der Waals surface area contributed by atoms with E-state index in [4.69, 9.17) is 5.11 Å². The van der Waals surface area contributed by atoms with Crippen LogP contribution in [0.1, 0.15) is 25.6 Å². The van der Waals surface area contributed by atoms with Gasteiger partial charge in [-0.05, 0) is 0 Å². The maximum Gasteiger partial charge on any atom is 0.336 e. The number of hydrogen-bond donors (Lipinski definition) is 2. The van der Waals surface area contributed by atoms with E-state index in [1.165, 1.54) is 16.7 Å². The fourth-order valence-corrected chi connectivity index (χ4v) is 2.16. The van der Waals surface area contributed by atoms with Gasteiger partial charge in [0.05, 0.1) is 10.4 Å². The number of rotatable bonds is 1. The topological polar surface area (TPSA) is 66.4 Å². The Morgan fingerprint density at radius 3 is 3.08 bits per heavy atom. The van der Waals surface area contributed by atoms with Gasteiger partial charge in [0.2, 0.25) is 0 Å². The van der Waals surface area contributed by atoms with Crippen LogP contribution in [0.3, 0.4) is 0 Å². The molecule has 1 aromatic heterocycles. The number of carbonyl (C=O) groups excluding carboxylic acids is 1. The van der Waals surface area contributed by atoms with Gasteiger partial charge in [0.15, 0.2) is 0 Å². The summed E-state index contributed by atoms with van der Waals surface area (Å²) in [4.78, 5) is 22.1. The van der Waals surface area contributed by atoms with Gasteiger partial charge in [-0.25, -0.2) is 4.79 Å². The Morgan fingerprint density at radius 2 is 2.42 bits per heavy atom. The van der Waals surface area contributed by atoms with Gasteiger partial charge in [-0.3, -0.25) is 4.79 Å². The maximum atomic E-state index is 11.0. The molecule has 0 bridgehead atoms. The number of amides is 1. The number of nitrogens with one attached hydrogen (secondary N) is 1. The molecule has 1 aliphatic heterocycles. The summed E-state index contributed by atoms with van der Waals surface area (Å²) in [5.74, 6) is -1.13. The molecule has 2 heterocycles. The zero-order valence-corrected chi connectivity index (χ0v) is 6.77. The van der Waals surface area contributed by atoms with Crippen molar-refractivity contribution >= 4 is 23.2 Å².